The zero-order chi connectivity index (χ0) is 20.0. The van der Waals surface area contributed by atoms with Gasteiger partial charge >= 0.3 is 0 Å². The van der Waals surface area contributed by atoms with E-state index in [9.17, 15) is 8.78 Å². The van der Waals surface area contributed by atoms with Gasteiger partial charge in [0.2, 0.25) is 5.88 Å². The van der Waals surface area contributed by atoms with Crippen LogP contribution in [-0.2, 0) is 4.74 Å². The smallest absolute Gasteiger partial charge is 0.297 e. The Morgan fingerprint density at radius 1 is 1.12 bits per heavy atom. The van der Waals surface area contributed by atoms with E-state index in [4.69, 9.17) is 4.74 Å². The lowest BCUT2D eigenvalue weighted by Gasteiger charge is -2.30. The summed E-state index contributed by atoms with van der Waals surface area (Å²) in [6, 6.07) is 1.41. The standard InChI is InChI=1S/C9H17NO.C6H6F2N2O.2C2H6/c1-11-8-9-4-2-6-10(9)7-3-5-9;1-11-4-2-3-9-6(10-4)5(7)8;2*1-2/h2-8H2,1H3;2-3,5H,1H3;2*1-2H3. The van der Waals surface area contributed by atoms with Crippen LogP contribution in [0, 0.1) is 0 Å². The van der Waals surface area contributed by atoms with Gasteiger partial charge in [-0.2, -0.15) is 4.98 Å². The number of hydrogen-bond acceptors (Lipinski definition) is 5. The molecule has 3 rings (SSSR count). The van der Waals surface area contributed by atoms with Crippen LogP contribution in [0.4, 0.5) is 8.78 Å². The highest BCUT2D eigenvalue weighted by Crippen LogP contribution is 2.38. The van der Waals surface area contributed by atoms with E-state index in [1.807, 2.05) is 34.8 Å². The number of nitrogens with zero attached hydrogens (tertiary/aromatic N) is 3. The molecule has 0 unspecified atom stereocenters. The van der Waals surface area contributed by atoms with Crippen LogP contribution < -0.4 is 4.74 Å². The number of ether oxygens (including phenoxy) is 2. The van der Waals surface area contributed by atoms with Crippen LogP contribution in [-0.4, -0.2) is 54.3 Å². The number of fused-ring (bicyclic) bond motifs is 1. The Labute approximate surface area is 157 Å². The average Bonchev–Trinajstić information content (AvgIpc) is 3.26. The molecule has 5 nitrogen and oxygen atoms in total. The Balaban J connectivity index is 0.000000404. The first kappa shape index (κ1) is 24.7. The molecular weight excluding hydrogens is 340 g/mol. The summed E-state index contributed by atoms with van der Waals surface area (Å²) in [5, 5.41) is 0. The second-order valence-electron chi connectivity index (χ2n) is 5.61. The molecule has 0 saturated carbocycles. The van der Waals surface area contributed by atoms with Crippen molar-refractivity contribution in [1.82, 2.24) is 14.9 Å². The largest absolute Gasteiger partial charge is 0.481 e. The van der Waals surface area contributed by atoms with E-state index in [1.54, 1.807) is 0 Å². The molecule has 0 atom stereocenters. The minimum Gasteiger partial charge on any atom is -0.481 e. The van der Waals surface area contributed by atoms with Crippen LogP contribution in [0.25, 0.3) is 0 Å². The van der Waals surface area contributed by atoms with Crippen molar-refractivity contribution < 1.29 is 18.3 Å². The monoisotopic (exact) mass is 375 g/mol. The van der Waals surface area contributed by atoms with Crippen molar-refractivity contribution in [2.45, 2.75) is 65.3 Å². The van der Waals surface area contributed by atoms with Gasteiger partial charge in [0.1, 0.15) is 0 Å². The molecule has 0 aliphatic carbocycles. The van der Waals surface area contributed by atoms with Crippen LogP contribution >= 0.6 is 0 Å². The minimum atomic E-state index is -2.65. The number of aromatic nitrogens is 2. The number of methoxy groups -OCH3 is 2. The third kappa shape index (κ3) is 7.11. The fourth-order valence-electron chi connectivity index (χ4n) is 3.30. The summed E-state index contributed by atoms with van der Waals surface area (Å²) in [5.41, 5.74) is 0.467. The van der Waals surface area contributed by atoms with Crippen LogP contribution in [0.5, 0.6) is 5.88 Å². The summed E-state index contributed by atoms with van der Waals surface area (Å²) in [6.07, 6.45) is 4.06. The van der Waals surface area contributed by atoms with E-state index in [0.29, 0.717) is 5.54 Å². The molecule has 0 bridgehead atoms. The third-order valence-corrected chi connectivity index (χ3v) is 4.28. The van der Waals surface area contributed by atoms with Gasteiger partial charge in [0.25, 0.3) is 6.43 Å². The van der Waals surface area contributed by atoms with Gasteiger partial charge in [0.15, 0.2) is 5.82 Å². The second-order valence-corrected chi connectivity index (χ2v) is 5.61. The third-order valence-electron chi connectivity index (χ3n) is 4.28. The predicted molar refractivity (Wildman–Crippen MR) is 101 cm³/mol. The first-order chi connectivity index (χ1) is 12.6. The molecule has 152 valence electrons. The Hall–Kier alpha value is -1.34. The van der Waals surface area contributed by atoms with Crippen molar-refractivity contribution in [3.63, 3.8) is 0 Å². The van der Waals surface area contributed by atoms with E-state index in [0.717, 1.165) is 6.61 Å². The molecule has 26 heavy (non-hydrogen) atoms. The lowest BCUT2D eigenvalue weighted by atomic mass is 9.95. The molecule has 0 aromatic carbocycles. The van der Waals surface area contributed by atoms with Gasteiger partial charge < -0.3 is 9.47 Å². The molecule has 7 heteroatoms. The zero-order valence-electron chi connectivity index (χ0n) is 17.1. The highest BCUT2D eigenvalue weighted by atomic mass is 19.3. The normalized spacial score (nSPS) is 17.1. The van der Waals surface area contributed by atoms with Crippen molar-refractivity contribution >= 4 is 0 Å². The van der Waals surface area contributed by atoms with Crippen LogP contribution in [0.2, 0.25) is 0 Å². The van der Waals surface area contributed by atoms with E-state index in [1.165, 1.54) is 58.1 Å². The summed E-state index contributed by atoms with van der Waals surface area (Å²) in [5.74, 6) is -0.361. The summed E-state index contributed by atoms with van der Waals surface area (Å²) in [6.45, 7) is 11.6. The Bertz CT molecular complexity index is 466. The number of halogens is 2. The SMILES string of the molecule is CC.CC.COCC12CCCN1CCC2.COc1ccnc(C(F)F)n1. The topological polar surface area (TPSA) is 47.5 Å². The summed E-state index contributed by atoms with van der Waals surface area (Å²) >= 11 is 0. The molecule has 0 radical (unpaired) electrons. The molecule has 0 spiro atoms. The molecule has 1 aromatic rings. The van der Waals surface area contributed by atoms with E-state index in [2.05, 4.69) is 19.6 Å². The van der Waals surface area contributed by atoms with Crippen molar-refractivity contribution in [1.29, 1.82) is 0 Å². The molecule has 0 N–H and O–H groups in total. The highest BCUT2D eigenvalue weighted by Gasteiger charge is 2.43. The van der Waals surface area contributed by atoms with Crippen molar-refractivity contribution in [3.05, 3.63) is 18.1 Å². The van der Waals surface area contributed by atoms with Crippen LogP contribution in [0.3, 0.4) is 0 Å². The van der Waals surface area contributed by atoms with Gasteiger partial charge in [-0.25, -0.2) is 13.8 Å². The first-order valence-corrected chi connectivity index (χ1v) is 9.50. The molecule has 0 amide bonds. The minimum absolute atomic E-state index is 0.148. The Morgan fingerprint density at radius 3 is 2.15 bits per heavy atom. The highest BCUT2D eigenvalue weighted by molar-refractivity contribution is 5.08. The molecule has 2 aliphatic heterocycles. The molecule has 2 fully saturated rings. The molecule has 3 heterocycles. The Morgan fingerprint density at radius 2 is 1.69 bits per heavy atom. The van der Waals surface area contributed by atoms with Gasteiger partial charge in [0, 0.05) is 24.9 Å². The van der Waals surface area contributed by atoms with E-state index in [-0.39, 0.29) is 5.88 Å². The predicted octanol–water partition coefficient (Wildman–Crippen LogP) is 4.74. The van der Waals surface area contributed by atoms with Gasteiger partial charge in [-0.3, -0.25) is 4.90 Å². The lowest BCUT2D eigenvalue weighted by molar-refractivity contribution is 0.0655. The number of alkyl halides is 2. The fourth-order valence-corrected chi connectivity index (χ4v) is 3.30. The van der Waals surface area contributed by atoms with Crippen LogP contribution in [0.15, 0.2) is 12.3 Å². The summed E-state index contributed by atoms with van der Waals surface area (Å²) in [7, 11) is 3.18. The Kier molecular flexibility index (Phi) is 13.1. The van der Waals surface area contributed by atoms with Crippen molar-refractivity contribution in [2.75, 3.05) is 33.9 Å². The maximum atomic E-state index is 11.9. The maximum Gasteiger partial charge on any atom is 0.297 e. The molecule has 2 saturated heterocycles. The summed E-state index contributed by atoms with van der Waals surface area (Å²) in [4.78, 5) is 9.37. The van der Waals surface area contributed by atoms with Gasteiger partial charge in [-0.15, -0.1) is 0 Å². The first-order valence-electron chi connectivity index (χ1n) is 9.50. The van der Waals surface area contributed by atoms with Crippen LogP contribution in [0.1, 0.15) is 65.6 Å². The molecule has 1 aromatic heterocycles. The molecule has 2 aliphatic rings. The zero-order valence-corrected chi connectivity index (χ0v) is 17.1. The fraction of sp³-hybridized carbons (Fsp3) is 0.789. The second kappa shape index (κ2) is 13.8. The number of hydrogen-bond donors (Lipinski definition) is 0. The quantitative estimate of drug-likeness (QED) is 0.761. The lowest BCUT2D eigenvalue weighted by Crippen LogP contribution is -2.42. The van der Waals surface area contributed by atoms with Crippen molar-refractivity contribution in [2.24, 2.45) is 0 Å². The van der Waals surface area contributed by atoms with Gasteiger partial charge in [0.05, 0.1) is 13.7 Å². The summed E-state index contributed by atoms with van der Waals surface area (Å²) < 4.78 is 33.7. The number of rotatable bonds is 4. The van der Waals surface area contributed by atoms with Gasteiger partial charge in [-0.1, -0.05) is 27.7 Å². The maximum absolute atomic E-state index is 11.9. The average molecular weight is 376 g/mol. The van der Waals surface area contributed by atoms with Crippen molar-refractivity contribution in [3.8, 4) is 5.88 Å². The van der Waals surface area contributed by atoms with E-state index >= 15 is 0 Å². The van der Waals surface area contributed by atoms with E-state index < -0.39 is 12.2 Å². The van der Waals surface area contributed by atoms with Gasteiger partial charge in [-0.05, 0) is 38.8 Å². The molecular formula is C19H35F2N3O2.